The SMILES string of the molecule is C=CCCOc1cccc(CN(C(=O)OCC)c2cc(Br)nc(N)c2[N+](=O)[O-])c1. The molecule has 0 saturated carbocycles. The van der Waals surface area contributed by atoms with E-state index in [1.807, 2.05) is 0 Å². The van der Waals surface area contributed by atoms with E-state index in [4.69, 9.17) is 15.2 Å². The fraction of sp³-hybridized carbons (Fsp3) is 0.263. The molecule has 0 aliphatic rings. The molecule has 29 heavy (non-hydrogen) atoms. The van der Waals surface area contributed by atoms with Gasteiger partial charge in [-0.25, -0.2) is 9.78 Å². The molecule has 2 N–H and O–H groups in total. The molecule has 0 fully saturated rings. The van der Waals surface area contributed by atoms with Crippen LogP contribution >= 0.6 is 15.9 Å². The van der Waals surface area contributed by atoms with Crippen molar-refractivity contribution >= 4 is 39.2 Å². The first-order valence-electron chi connectivity index (χ1n) is 8.74. The van der Waals surface area contributed by atoms with Gasteiger partial charge in [0.25, 0.3) is 0 Å². The summed E-state index contributed by atoms with van der Waals surface area (Å²) in [6.07, 6.45) is 1.69. The molecule has 1 heterocycles. The molecule has 1 aromatic heterocycles. The fourth-order valence-electron chi connectivity index (χ4n) is 2.53. The number of nitrogen functional groups attached to an aromatic ring is 1. The minimum atomic E-state index is -0.744. The first kappa shape index (κ1) is 22.2. The molecule has 9 nitrogen and oxygen atoms in total. The molecule has 0 aliphatic carbocycles. The Bertz CT molecular complexity index is 906. The largest absolute Gasteiger partial charge is 0.493 e. The van der Waals surface area contributed by atoms with Crippen LogP contribution in [0.2, 0.25) is 0 Å². The maximum absolute atomic E-state index is 12.6. The highest BCUT2D eigenvalue weighted by atomic mass is 79.9. The summed E-state index contributed by atoms with van der Waals surface area (Å²) in [6.45, 7) is 5.87. The summed E-state index contributed by atoms with van der Waals surface area (Å²) in [6, 6.07) is 8.44. The van der Waals surface area contributed by atoms with Crippen molar-refractivity contribution in [2.24, 2.45) is 0 Å². The molecule has 0 aliphatic heterocycles. The molecule has 0 saturated heterocycles. The first-order chi connectivity index (χ1) is 13.9. The predicted octanol–water partition coefficient (Wildman–Crippen LogP) is 4.45. The molecule has 2 aromatic rings. The van der Waals surface area contributed by atoms with E-state index in [9.17, 15) is 14.9 Å². The lowest BCUT2D eigenvalue weighted by Crippen LogP contribution is -2.32. The van der Waals surface area contributed by atoms with Gasteiger partial charge in [-0.05, 0) is 47.0 Å². The summed E-state index contributed by atoms with van der Waals surface area (Å²) >= 11 is 3.16. The van der Waals surface area contributed by atoms with Gasteiger partial charge in [0.2, 0.25) is 5.82 Å². The predicted molar refractivity (Wildman–Crippen MR) is 113 cm³/mol. The second-order valence-electron chi connectivity index (χ2n) is 5.81. The summed E-state index contributed by atoms with van der Waals surface area (Å²) in [7, 11) is 0. The maximum Gasteiger partial charge on any atom is 0.414 e. The van der Waals surface area contributed by atoms with Crippen molar-refractivity contribution in [2.45, 2.75) is 19.9 Å². The number of ether oxygens (including phenoxy) is 2. The number of aromatic nitrogens is 1. The van der Waals surface area contributed by atoms with Crippen LogP contribution in [-0.2, 0) is 11.3 Å². The van der Waals surface area contributed by atoms with Crippen molar-refractivity contribution in [1.82, 2.24) is 4.98 Å². The second kappa shape index (κ2) is 10.4. The number of hydrogen-bond donors (Lipinski definition) is 1. The summed E-state index contributed by atoms with van der Waals surface area (Å²) in [5.74, 6) is 0.299. The zero-order chi connectivity index (χ0) is 21.4. The Morgan fingerprint density at radius 1 is 1.45 bits per heavy atom. The molecular weight excluding hydrogens is 444 g/mol. The van der Waals surface area contributed by atoms with Crippen LogP contribution in [0.25, 0.3) is 0 Å². The molecule has 0 spiro atoms. The molecule has 0 unspecified atom stereocenters. The Morgan fingerprint density at radius 3 is 2.86 bits per heavy atom. The lowest BCUT2D eigenvalue weighted by Gasteiger charge is -2.22. The summed E-state index contributed by atoms with van der Waals surface area (Å²) in [4.78, 5) is 28.5. The highest BCUT2D eigenvalue weighted by molar-refractivity contribution is 9.10. The van der Waals surface area contributed by atoms with Gasteiger partial charge in [0.15, 0.2) is 0 Å². The Kier molecular flexibility index (Phi) is 7.96. The van der Waals surface area contributed by atoms with Crippen LogP contribution in [0.15, 0.2) is 47.6 Å². The lowest BCUT2D eigenvalue weighted by atomic mass is 10.2. The Hall–Kier alpha value is -3.14. The Labute approximate surface area is 176 Å². The topological polar surface area (TPSA) is 121 Å². The van der Waals surface area contributed by atoms with E-state index in [1.165, 1.54) is 6.07 Å². The monoisotopic (exact) mass is 464 g/mol. The molecule has 1 aromatic carbocycles. The highest BCUT2D eigenvalue weighted by Gasteiger charge is 2.29. The average molecular weight is 465 g/mol. The molecule has 154 valence electrons. The number of benzene rings is 1. The number of carbonyl (C=O) groups is 1. The van der Waals surface area contributed by atoms with Crippen LogP contribution in [0.4, 0.5) is 22.0 Å². The van der Waals surface area contributed by atoms with E-state index in [1.54, 1.807) is 37.3 Å². The van der Waals surface area contributed by atoms with Gasteiger partial charge >= 0.3 is 11.8 Å². The molecule has 2 rings (SSSR count). The van der Waals surface area contributed by atoms with Crippen molar-refractivity contribution < 1.29 is 19.2 Å². The molecule has 10 heteroatoms. The van der Waals surface area contributed by atoms with Gasteiger partial charge in [0.05, 0.1) is 24.7 Å². The van der Waals surface area contributed by atoms with Crippen molar-refractivity contribution in [2.75, 3.05) is 23.8 Å². The van der Waals surface area contributed by atoms with Gasteiger partial charge in [0.1, 0.15) is 16.0 Å². The summed E-state index contributed by atoms with van der Waals surface area (Å²) in [5, 5.41) is 11.6. The summed E-state index contributed by atoms with van der Waals surface area (Å²) in [5.41, 5.74) is 5.93. The number of pyridine rings is 1. The summed E-state index contributed by atoms with van der Waals surface area (Å²) < 4.78 is 11.0. The van der Waals surface area contributed by atoms with Crippen molar-refractivity contribution in [3.63, 3.8) is 0 Å². The normalized spacial score (nSPS) is 10.3. The molecule has 0 radical (unpaired) electrons. The highest BCUT2D eigenvalue weighted by Crippen LogP contribution is 2.36. The minimum absolute atomic E-state index is 0.00816. The number of rotatable bonds is 9. The van der Waals surface area contributed by atoms with E-state index in [2.05, 4.69) is 27.5 Å². The van der Waals surface area contributed by atoms with E-state index in [0.29, 0.717) is 24.3 Å². The van der Waals surface area contributed by atoms with Gasteiger partial charge < -0.3 is 15.2 Å². The van der Waals surface area contributed by atoms with Gasteiger partial charge in [-0.2, -0.15) is 0 Å². The quantitative estimate of drug-likeness (QED) is 0.191. The molecule has 0 bridgehead atoms. The van der Waals surface area contributed by atoms with Crippen LogP contribution in [-0.4, -0.2) is 29.2 Å². The van der Waals surface area contributed by atoms with Gasteiger partial charge in [0, 0.05) is 6.07 Å². The Morgan fingerprint density at radius 2 is 2.21 bits per heavy atom. The Balaban J connectivity index is 2.43. The first-order valence-corrected chi connectivity index (χ1v) is 9.54. The average Bonchev–Trinajstić information content (AvgIpc) is 2.66. The van der Waals surface area contributed by atoms with E-state index in [0.717, 1.165) is 4.90 Å². The van der Waals surface area contributed by atoms with E-state index < -0.39 is 16.7 Å². The number of hydrogen-bond acceptors (Lipinski definition) is 7. The standard InChI is InChI=1S/C19H21BrN4O5/c1-3-5-9-29-14-8-6-7-13(10-14)12-23(19(25)28-4-2)15-11-16(20)22-18(21)17(15)24(26)27/h3,6-8,10-11H,1,4-5,9,12H2,2H3,(H2,21,22). The zero-order valence-electron chi connectivity index (χ0n) is 15.8. The third-order valence-electron chi connectivity index (χ3n) is 3.76. The van der Waals surface area contributed by atoms with Crippen LogP contribution < -0.4 is 15.4 Å². The number of nitro groups is 1. The molecule has 0 atom stereocenters. The van der Waals surface area contributed by atoms with Gasteiger partial charge in [-0.3, -0.25) is 15.0 Å². The van der Waals surface area contributed by atoms with Crippen molar-refractivity contribution in [3.05, 3.63) is 63.3 Å². The van der Waals surface area contributed by atoms with Crippen LogP contribution in [0.3, 0.4) is 0 Å². The van der Waals surface area contributed by atoms with Crippen molar-refractivity contribution in [1.29, 1.82) is 0 Å². The fourth-order valence-corrected chi connectivity index (χ4v) is 2.94. The van der Waals surface area contributed by atoms with Crippen LogP contribution in [0, 0.1) is 10.1 Å². The van der Waals surface area contributed by atoms with Crippen LogP contribution in [0.1, 0.15) is 18.9 Å². The van der Waals surface area contributed by atoms with Gasteiger partial charge in [-0.15, -0.1) is 6.58 Å². The zero-order valence-corrected chi connectivity index (χ0v) is 17.4. The number of nitrogens with two attached hydrogens (primary N) is 1. The van der Waals surface area contributed by atoms with Gasteiger partial charge in [-0.1, -0.05) is 18.2 Å². The smallest absolute Gasteiger partial charge is 0.414 e. The van der Waals surface area contributed by atoms with E-state index in [-0.39, 0.29) is 29.3 Å². The number of halogens is 1. The maximum atomic E-state index is 12.6. The number of amides is 1. The lowest BCUT2D eigenvalue weighted by molar-refractivity contribution is -0.383. The number of anilines is 2. The van der Waals surface area contributed by atoms with Crippen LogP contribution in [0.5, 0.6) is 5.75 Å². The molecular formula is C19H21BrN4O5. The molecule has 1 amide bonds. The van der Waals surface area contributed by atoms with E-state index >= 15 is 0 Å². The number of carbonyl (C=O) groups excluding carboxylic acids is 1. The minimum Gasteiger partial charge on any atom is -0.493 e. The number of nitrogens with zero attached hydrogens (tertiary/aromatic N) is 3. The third-order valence-corrected chi connectivity index (χ3v) is 4.17. The second-order valence-corrected chi connectivity index (χ2v) is 6.63. The van der Waals surface area contributed by atoms with Crippen molar-refractivity contribution in [3.8, 4) is 5.75 Å². The third kappa shape index (κ3) is 5.92.